The number of alkyl halides is 3. The van der Waals surface area contributed by atoms with Gasteiger partial charge in [0, 0.05) is 17.8 Å². The Labute approximate surface area is 175 Å². The van der Waals surface area contributed by atoms with Gasteiger partial charge in [0.15, 0.2) is 11.5 Å². The summed E-state index contributed by atoms with van der Waals surface area (Å²) in [6, 6.07) is 9.66. The summed E-state index contributed by atoms with van der Waals surface area (Å²) in [6.45, 7) is 1.97. The van der Waals surface area contributed by atoms with Crippen molar-refractivity contribution in [3.05, 3.63) is 64.6 Å². The standard InChI is InChI=1S/C20H19ClF3N5O/c1-12(29-16(14-7-8-14)9-17(26-29)20(22,23)24)19(30)25-18-15(21)11-28(27-18)10-13-5-3-2-4-6-13/h2-6,9,11-12,14H,7-8,10H2,1H3,(H,25,27,30). The van der Waals surface area contributed by atoms with Gasteiger partial charge in [0.1, 0.15) is 11.1 Å². The van der Waals surface area contributed by atoms with E-state index in [9.17, 15) is 18.0 Å². The van der Waals surface area contributed by atoms with E-state index < -0.39 is 23.8 Å². The fourth-order valence-corrected chi connectivity index (χ4v) is 3.40. The van der Waals surface area contributed by atoms with E-state index in [0.29, 0.717) is 12.2 Å². The normalized spacial score (nSPS) is 15.2. The molecule has 1 aromatic carbocycles. The molecule has 2 aromatic heterocycles. The molecule has 0 aliphatic heterocycles. The third-order valence-corrected chi connectivity index (χ3v) is 5.22. The third-order valence-electron chi connectivity index (χ3n) is 4.94. The summed E-state index contributed by atoms with van der Waals surface area (Å²) >= 11 is 6.19. The van der Waals surface area contributed by atoms with Crippen molar-refractivity contribution in [2.24, 2.45) is 0 Å². The van der Waals surface area contributed by atoms with Crippen LogP contribution in [0.4, 0.5) is 19.0 Å². The molecule has 3 aromatic rings. The second-order valence-corrected chi connectivity index (χ2v) is 7.75. The zero-order chi connectivity index (χ0) is 21.5. The van der Waals surface area contributed by atoms with Crippen molar-refractivity contribution in [3.8, 4) is 0 Å². The summed E-state index contributed by atoms with van der Waals surface area (Å²) in [4.78, 5) is 12.7. The van der Waals surface area contributed by atoms with E-state index in [1.807, 2.05) is 30.3 Å². The van der Waals surface area contributed by atoms with Crippen LogP contribution in [0.3, 0.4) is 0 Å². The van der Waals surface area contributed by atoms with Crippen LogP contribution in [0.1, 0.15) is 48.7 Å². The SMILES string of the molecule is CC(C(=O)Nc1nn(Cc2ccccc2)cc1Cl)n1nc(C(F)(F)F)cc1C1CC1. The molecular formula is C20H19ClF3N5O. The molecule has 4 rings (SSSR count). The smallest absolute Gasteiger partial charge is 0.306 e. The molecule has 0 radical (unpaired) electrons. The molecule has 0 spiro atoms. The van der Waals surface area contributed by atoms with Crippen LogP contribution in [0.15, 0.2) is 42.6 Å². The zero-order valence-corrected chi connectivity index (χ0v) is 16.8. The number of amides is 1. The Kier molecular flexibility index (Phi) is 5.31. The number of hydrogen-bond acceptors (Lipinski definition) is 3. The fourth-order valence-electron chi connectivity index (χ4n) is 3.21. The van der Waals surface area contributed by atoms with E-state index in [2.05, 4.69) is 15.5 Å². The van der Waals surface area contributed by atoms with Gasteiger partial charge in [-0.25, -0.2) is 0 Å². The Hall–Kier alpha value is -2.81. The number of rotatable bonds is 6. The Morgan fingerprint density at radius 3 is 2.60 bits per heavy atom. The highest BCUT2D eigenvalue weighted by Crippen LogP contribution is 2.43. The van der Waals surface area contributed by atoms with Crippen LogP contribution in [0, 0.1) is 0 Å². The van der Waals surface area contributed by atoms with Crippen molar-refractivity contribution in [3.63, 3.8) is 0 Å². The van der Waals surface area contributed by atoms with Gasteiger partial charge in [-0.2, -0.15) is 23.4 Å². The molecule has 6 nitrogen and oxygen atoms in total. The van der Waals surface area contributed by atoms with Crippen LogP contribution in [0.2, 0.25) is 5.02 Å². The number of benzene rings is 1. The number of carbonyl (C=O) groups excluding carboxylic acids is 1. The monoisotopic (exact) mass is 437 g/mol. The number of aromatic nitrogens is 4. The van der Waals surface area contributed by atoms with E-state index in [1.54, 1.807) is 10.9 Å². The van der Waals surface area contributed by atoms with E-state index >= 15 is 0 Å². The molecule has 30 heavy (non-hydrogen) atoms. The molecule has 0 bridgehead atoms. The molecule has 1 aliphatic carbocycles. The van der Waals surface area contributed by atoms with Crippen LogP contribution >= 0.6 is 11.6 Å². The van der Waals surface area contributed by atoms with Crippen LogP contribution in [-0.2, 0) is 17.5 Å². The van der Waals surface area contributed by atoms with Crippen LogP contribution < -0.4 is 5.32 Å². The summed E-state index contributed by atoms with van der Waals surface area (Å²) in [5.74, 6) is -0.390. The zero-order valence-electron chi connectivity index (χ0n) is 16.0. The van der Waals surface area contributed by atoms with E-state index in [1.165, 1.54) is 6.92 Å². The minimum absolute atomic E-state index is 0.00230. The van der Waals surface area contributed by atoms with Gasteiger partial charge in [-0.05, 0) is 31.4 Å². The number of nitrogens with one attached hydrogen (secondary N) is 1. The van der Waals surface area contributed by atoms with Crippen LogP contribution in [-0.4, -0.2) is 25.5 Å². The first-order chi connectivity index (χ1) is 14.2. The van der Waals surface area contributed by atoms with E-state index in [4.69, 9.17) is 11.6 Å². The van der Waals surface area contributed by atoms with Crippen molar-refractivity contribution in [2.45, 2.75) is 44.4 Å². The number of nitrogens with zero attached hydrogens (tertiary/aromatic N) is 4. The lowest BCUT2D eigenvalue weighted by molar-refractivity contribution is -0.141. The first kappa shape index (κ1) is 20.5. The third kappa shape index (κ3) is 4.35. The first-order valence-electron chi connectivity index (χ1n) is 9.46. The molecule has 1 amide bonds. The molecular weight excluding hydrogens is 419 g/mol. The molecule has 1 saturated carbocycles. The number of hydrogen-bond donors (Lipinski definition) is 1. The molecule has 0 saturated heterocycles. The second kappa shape index (κ2) is 7.79. The summed E-state index contributed by atoms with van der Waals surface area (Å²) in [7, 11) is 0. The van der Waals surface area contributed by atoms with E-state index in [-0.39, 0.29) is 16.8 Å². The second-order valence-electron chi connectivity index (χ2n) is 7.35. The van der Waals surface area contributed by atoms with Gasteiger partial charge < -0.3 is 5.32 Å². The topological polar surface area (TPSA) is 64.7 Å². The Balaban J connectivity index is 1.51. The van der Waals surface area contributed by atoms with Crippen LogP contribution in [0.5, 0.6) is 0 Å². The largest absolute Gasteiger partial charge is 0.435 e. The molecule has 158 valence electrons. The first-order valence-corrected chi connectivity index (χ1v) is 9.84. The minimum atomic E-state index is -4.56. The molecule has 1 aliphatic rings. The van der Waals surface area contributed by atoms with Crippen molar-refractivity contribution in [2.75, 3.05) is 5.32 Å². The maximum atomic E-state index is 13.1. The van der Waals surface area contributed by atoms with Gasteiger partial charge in [0.2, 0.25) is 5.91 Å². The summed E-state index contributed by atoms with van der Waals surface area (Å²) < 4.78 is 42.1. The fraction of sp³-hybridized carbons (Fsp3) is 0.350. The number of carbonyl (C=O) groups is 1. The summed E-state index contributed by atoms with van der Waals surface area (Å²) in [5, 5.41) is 10.8. The molecule has 1 atom stereocenters. The Bertz CT molecular complexity index is 1060. The van der Waals surface area contributed by atoms with Gasteiger partial charge in [-0.15, -0.1) is 0 Å². The number of halogens is 4. The lowest BCUT2D eigenvalue weighted by Gasteiger charge is -2.15. The van der Waals surface area contributed by atoms with Gasteiger partial charge in [0.25, 0.3) is 0 Å². The van der Waals surface area contributed by atoms with Crippen LogP contribution in [0.25, 0.3) is 0 Å². The molecule has 1 N–H and O–H groups in total. The average molecular weight is 438 g/mol. The molecule has 10 heteroatoms. The van der Waals surface area contributed by atoms with Crippen molar-refractivity contribution >= 4 is 23.3 Å². The Morgan fingerprint density at radius 1 is 1.27 bits per heavy atom. The van der Waals surface area contributed by atoms with Crippen molar-refractivity contribution in [1.29, 1.82) is 0 Å². The Morgan fingerprint density at radius 2 is 1.97 bits per heavy atom. The lowest BCUT2D eigenvalue weighted by Crippen LogP contribution is -2.26. The highest BCUT2D eigenvalue weighted by molar-refractivity contribution is 6.33. The molecule has 2 heterocycles. The predicted octanol–water partition coefficient (Wildman–Crippen LogP) is 4.88. The summed E-state index contributed by atoms with van der Waals surface area (Å²) in [5.41, 5.74) is 0.438. The quantitative estimate of drug-likeness (QED) is 0.598. The van der Waals surface area contributed by atoms with Gasteiger partial charge in [-0.3, -0.25) is 14.2 Å². The lowest BCUT2D eigenvalue weighted by atomic mass is 10.2. The maximum Gasteiger partial charge on any atom is 0.435 e. The van der Waals surface area contributed by atoms with Crippen molar-refractivity contribution in [1.82, 2.24) is 19.6 Å². The highest BCUT2D eigenvalue weighted by Gasteiger charge is 2.39. The van der Waals surface area contributed by atoms with Gasteiger partial charge in [0.05, 0.1) is 6.54 Å². The highest BCUT2D eigenvalue weighted by atomic mass is 35.5. The molecule has 1 fully saturated rings. The average Bonchev–Trinajstić information content (AvgIpc) is 3.34. The van der Waals surface area contributed by atoms with Gasteiger partial charge in [-0.1, -0.05) is 41.9 Å². The van der Waals surface area contributed by atoms with Gasteiger partial charge >= 0.3 is 6.18 Å². The predicted molar refractivity (Wildman–Crippen MR) is 105 cm³/mol. The molecule has 1 unspecified atom stereocenters. The minimum Gasteiger partial charge on any atom is -0.306 e. The summed E-state index contributed by atoms with van der Waals surface area (Å²) in [6.07, 6.45) is -1.41. The maximum absolute atomic E-state index is 13.1. The van der Waals surface area contributed by atoms with E-state index in [0.717, 1.165) is 29.2 Å². The number of anilines is 1. The van der Waals surface area contributed by atoms with Crippen molar-refractivity contribution < 1.29 is 18.0 Å².